The zero-order valence-corrected chi connectivity index (χ0v) is 18.3. The number of aromatic nitrogens is 1. The van der Waals surface area contributed by atoms with Crippen LogP contribution in [0.25, 0.3) is 22.0 Å². The van der Waals surface area contributed by atoms with Crippen LogP contribution in [-0.2, 0) is 20.8 Å². The molecule has 0 saturated carbocycles. The summed E-state index contributed by atoms with van der Waals surface area (Å²) in [6, 6.07) is 9.59. The molecule has 0 aliphatic rings. The van der Waals surface area contributed by atoms with Gasteiger partial charge in [-0.15, -0.1) is 5.10 Å². The number of hydrogen-bond donors (Lipinski definition) is 7. The Morgan fingerprint density at radius 2 is 1.88 bits per heavy atom. The zero-order chi connectivity index (χ0) is 23.6. The van der Waals surface area contributed by atoms with Crippen LogP contribution in [0.15, 0.2) is 51.3 Å². The second-order valence-corrected chi connectivity index (χ2v) is 9.68. The molecule has 0 radical (unpaired) electrons. The highest BCUT2D eigenvalue weighted by Crippen LogP contribution is 2.36. The Kier molecular flexibility index (Phi) is 6.61. The molecule has 0 spiro atoms. The third kappa shape index (κ3) is 4.35. The highest BCUT2D eigenvalue weighted by Gasteiger charge is 2.28. The van der Waals surface area contributed by atoms with E-state index in [1.807, 2.05) is 5.53 Å². The van der Waals surface area contributed by atoms with Gasteiger partial charge in [0.05, 0.1) is 21.2 Å². The summed E-state index contributed by atoms with van der Waals surface area (Å²) < 4.78 is 37.9. The summed E-state index contributed by atoms with van der Waals surface area (Å²) in [5, 5.41) is 9.86. The van der Waals surface area contributed by atoms with Crippen molar-refractivity contribution in [3.63, 3.8) is 0 Å². The first-order valence-electron chi connectivity index (χ1n) is 9.09. The summed E-state index contributed by atoms with van der Waals surface area (Å²) in [4.78, 5) is 14.0. The average Bonchev–Trinajstić information content (AvgIpc) is 3.17. The molecule has 14 heteroatoms. The van der Waals surface area contributed by atoms with Crippen molar-refractivity contribution in [2.45, 2.75) is 9.79 Å². The highest BCUT2D eigenvalue weighted by atomic mass is 32.2. The molecule has 0 aliphatic heterocycles. The van der Waals surface area contributed by atoms with E-state index in [0.717, 1.165) is 0 Å². The van der Waals surface area contributed by atoms with Gasteiger partial charge in [0, 0.05) is 28.8 Å². The maximum absolute atomic E-state index is 12.7. The standard InChI is InChI=1S/C18H22N8O4S2/c19-6-7-31(28)13-5-4-10(14(17(20)25-26-22)16(13)32(23,29)30)11-3-1-2-9-8-12(18(21)27)24-15(9)11/h1-5,8,24,26H,6-7,19,22H2,(H2,20,25)(H2,21,27)(H2,23,29,30). The minimum absolute atomic E-state index is 0.00166. The van der Waals surface area contributed by atoms with Gasteiger partial charge in [0.2, 0.25) is 10.0 Å². The Hall–Kier alpha value is -3.30. The molecule has 12 nitrogen and oxygen atoms in total. The molecule has 3 aromatic rings. The fourth-order valence-corrected chi connectivity index (χ4v) is 5.80. The summed E-state index contributed by atoms with van der Waals surface area (Å²) in [7, 11) is -6.21. The first-order valence-corrected chi connectivity index (χ1v) is 12.0. The number of sulfonamides is 1. The number of amides is 1. The van der Waals surface area contributed by atoms with Gasteiger partial charge < -0.3 is 22.2 Å². The van der Waals surface area contributed by atoms with E-state index in [1.54, 1.807) is 24.3 Å². The maximum Gasteiger partial charge on any atom is 0.265 e. The predicted molar refractivity (Wildman–Crippen MR) is 122 cm³/mol. The third-order valence-corrected chi connectivity index (χ3v) is 7.17. The van der Waals surface area contributed by atoms with E-state index in [-0.39, 0.29) is 34.3 Å². The van der Waals surface area contributed by atoms with Gasteiger partial charge in [0.1, 0.15) is 10.6 Å². The number of carbonyl (C=O) groups is 1. The van der Waals surface area contributed by atoms with Crippen LogP contribution in [0.2, 0.25) is 0 Å². The lowest BCUT2D eigenvalue weighted by Gasteiger charge is -2.17. The van der Waals surface area contributed by atoms with Crippen molar-refractivity contribution >= 4 is 43.5 Å². The van der Waals surface area contributed by atoms with Gasteiger partial charge in [0.25, 0.3) is 5.91 Å². The van der Waals surface area contributed by atoms with Gasteiger partial charge in [-0.2, -0.15) is 0 Å². The molecule has 3 rings (SSSR count). The number of fused-ring (bicyclic) bond motifs is 1. The largest absolute Gasteiger partial charge is 0.382 e. The first-order chi connectivity index (χ1) is 15.1. The van der Waals surface area contributed by atoms with Crippen molar-refractivity contribution in [3.8, 4) is 11.1 Å². The van der Waals surface area contributed by atoms with E-state index < -0.39 is 31.6 Å². The lowest BCUT2D eigenvalue weighted by Crippen LogP contribution is -2.28. The molecule has 0 fully saturated rings. The van der Waals surface area contributed by atoms with Crippen LogP contribution in [-0.4, -0.2) is 41.7 Å². The van der Waals surface area contributed by atoms with Crippen molar-refractivity contribution in [2.24, 2.45) is 33.3 Å². The maximum atomic E-state index is 12.7. The molecule has 0 saturated heterocycles. The van der Waals surface area contributed by atoms with Crippen molar-refractivity contribution in [1.82, 2.24) is 10.5 Å². The summed E-state index contributed by atoms with van der Waals surface area (Å²) in [6.07, 6.45) is 0. The fourth-order valence-electron chi connectivity index (χ4n) is 3.36. The normalized spacial score (nSPS) is 13.3. The van der Waals surface area contributed by atoms with Crippen molar-refractivity contribution < 1.29 is 17.4 Å². The Labute approximate surface area is 185 Å². The molecule has 1 atom stereocenters. The summed E-state index contributed by atoms with van der Waals surface area (Å²) in [5.74, 6) is 4.28. The number of rotatable bonds is 8. The minimum atomic E-state index is -4.43. The van der Waals surface area contributed by atoms with Crippen LogP contribution in [0.5, 0.6) is 0 Å². The number of nitrogens with one attached hydrogen (secondary N) is 2. The molecule has 1 aromatic heterocycles. The molecule has 170 valence electrons. The quantitative estimate of drug-likeness (QED) is 0.0889. The number of aromatic amines is 1. The number of nitrogens with two attached hydrogens (primary N) is 5. The van der Waals surface area contributed by atoms with Crippen LogP contribution in [0.1, 0.15) is 16.1 Å². The third-order valence-electron chi connectivity index (χ3n) is 4.61. The van der Waals surface area contributed by atoms with Crippen molar-refractivity contribution in [3.05, 3.63) is 47.7 Å². The summed E-state index contributed by atoms with van der Waals surface area (Å²) in [6.45, 7) is 0.0549. The van der Waals surface area contributed by atoms with Crippen molar-refractivity contribution in [1.29, 1.82) is 0 Å². The van der Waals surface area contributed by atoms with Crippen molar-refractivity contribution in [2.75, 3.05) is 12.3 Å². The molecule has 1 amide bonds. The van der Waals surface area contributed by atoms with Crippen LogP contribution in [0, 0.1) is 0 Å². The van der Waals surface area contributed by atoms with Crippen LogP contribution >= 0.6 is 0 Å². The number of para-hydroxylation sites is 1. The molecule has 1 heterocycles. The van der Waals surface area contributed by atoms with Crippen LogP contribution in [0.3, 0.4) is 0 Å². The zero-order valence-electron chi connectivity index (χ0n) is 16.7. The molecule has 1 unspecified atom stereocenters. The van der Waals surface area contributed by atoms with Crippen LogP contribution < -0.4 is 33.7 Å². The molecule has 32 heavy (non-hydrogen) atoms. The Bertz CT molecular complexity index is 1360. The number of nitrogens with zero attached hydrogens (tertiary/aromatic N) is 1. The number of benzene rings is 2. The van der Waals surface area contributed by atoms with E-state index in [4.69, 9.17) is 28.2 Å². The number of hydrazine groups is 1. The van der Waals surface area contributed by atoms with E-state index in [1.165, 1.54) is 12.1 Å². The average molecular weight is 479 g/mol. The lowest BCUT2D eigenvalue weighted by atomic mass is 9.97. The number of H-pyrrole nitrogens is 1. The summed E-state index contributed by atoms with van der Waals surface area (Å²) >= 11 is 0. The van der Waals surface area contributed by atoms with Gasteiger partial charge in [-0.05, 0) is 17.7 Å². The van der Waals surface area contributed by atoms with Gasteiger partial charge in [-0.3, -0.25) is 9.00 Å². The fraction of sp³-hybridized carbons (Fsp3) is 0.111. The topological polar surface area (TPSA) is 239 Å². The molecule has 0 aliphatic carbocycles. The van der Waals surface area contributed by atoms with E-state index in [2.05, 4.69) is 10.1 Å². The molecule has 2 aromatic carbocycles. The minimum Gasteiger partial charge on any atom is -0.382 e. The number of hydrogen-bond acceptors (Lipinski definition) is 8. The summed E-state index contributed by atoms with van der Waals surface area (Å²) in [5.41, 5.74) is 20.3. The SMILES string of the molecule is NCCS(=O)c1ccc(-c2cccc3cc(C(N)=O)[nH]c23)c(/C(N)=N/NN)c1S(N)(=O)=O. The lowest BCUT2D eigenvalue weighted by molar-refractivity contribution is 0.0996. The van der Waals surface area contributed by atoms with E-state index in [0.29, 0.717) is 22.0 Å². The van der Waals surface area contributed by atoms with Gasteiger partial charge in [0.15, 0.2) is 5.84 Å². The number of amidine groups is 1. The van der Waals surface area contributed by atoms with E-state index >= 15 is 0 Å². The Morgan fingerprint density at radius 3 is 2.47 bits per heavy atom. The second-order valence-electron chi connectivity index (χ2n) is 6.64. The van der Waals surface area contributed by atoms with Crippen LogP contribution in [0.4, 0.5) is 0 Å². The Morgan fingerprint density at radius 1 is 1.16 bits per heavy atom. The monoisotopic (exact) mass is 478 g/mol. The van der Waals surface area contributed by atoms with Gasteiger partial charge in [-0.25, -0.2) is 24.9 Å². The number of primary sulfonamides is 1. The number of primary amides is 1. The predicted octanol–water partition coefficient (Wildman–Crippen LogP) is -1.27. The first kappa shape index (κ1) is 23.4. The highest BCUT2D eigenvalue weighted by molar-refractivity contribution is 7.91. The molecular formula is C18H22N8O4S2. The Balaban J connectivity index is 2.47. The molecular weight excluding hydrogens is 456 g/mol. The van der Waals surface area contributed by atoms with Gasteiger partial charge in [-0.1, -0.05) is 24.3 Å². The van der Waals surface area contributed by atoms with Gasteiger partial charge >= 0.3 is 0 Å². The van der Waals surface area contributed by atoms with E-state index in [9.17, 15) is 17.4 Å². The molecule has 12 N–H and O–H groups in total. The smallest absolute Gasteiger partial charge is 0.265 e. The number of hydrazone groups is 1. The number of carbonyl (C=O) groups excluding carboxylic acids is 1. The molecule has 0 bridgehead atoms. The second kappa shape index (κ2) is 9.05.